The summed E-state index contributed by atoms with van der Waals surface area (Å²) in [5.41, 5.74) is 1.97. The van der Waals surface area contributed by atoms with Gasteiger partial charge >= 0.3 is 12.1 Å². The smallest absolute Gasteiger partial charge is 0.416 e. The molecule has 10 heteroatoms. The van der Waals surface area contributed by atoms with Gasteiger partial charge in [0.15, 0.2) is 11.7 Å². The Balaban J connectivity index is 1.47. The lowest BCUT2D eigenvalue weighted by Gasteiger charge is -2.41. The zero-order valence-electron chi connectivity index (χ0n) is 18.9. The van der Waals surface area contributed by atoms with Gasteiger partial charge in [0.05, 0.1) is 15.8 Å². The maximum atomic E-state index is 13.1. The first kappa shape index (κ1) is 24.3. The number of carboxylic acids is 1. The number of thiazole rings is 1. The molecule has 1 saturated heterocycles. The molecule has 1 aliphatic rings. The summed E-state index contributed by atoms with van der Waals surface area (Å²) in [6.45, 7) is 6.61. The molecule has 6 nitrogen and oxygen atoms in total. The van der Waals surface area contributed by atoms with Crippen LogP contribution in [0.4, 0.5) is 18.3 Å². The molecule has 3 aromatic rings. The van der Waals surface area contributed by atoms with Crippen LogP contribution >= 0.6 is 11.3 Å². The highest BCUT2D eigenvalue weighted by Gasteiger charge is 2.31. The number of ether oxygens (including phenoxy) is 1. The molecule has 1 aliphatic heterocycles. The monoisotopic (exact) mass is 493 g/mol. The Hall–Kier alpha value is -2.85. The molecule has 0 bridgehead atoms. The number of hydrogen-bond donors (Lipinski definition) is 1. The fraction of sp³-hybridized carbons (Fsp3) is 0.417. The number of aliphatic carboxylic acids is 1. The van der Waals surface area contributed by atoms with E-state index < -0.39 is 17.7 Å². The van der Waals surface area contributed by atoms with Crippen LogP contribution in [0.3, 0.4) is 0 Å². The van der Waals surface area contributed by atoms with E-state index in [1.54, 1.807) is 0 Å². The molecule has 1 aromatic heterocycles. The number of carbonyl (C=O) groups is 1. The number of benzene rings is 2. The Morgan fingerprint density at radius 1 is 1.24 bits per heavy atom. The van der Waals surface area contributed by atoms with Gasteiger partial charge in [0.2, 0.25) is 0 Å². The highest BCUT2D eigenvalue weighted by Crippen LogP contribution is 2.36. The lowest BCUT2D eigenvalue weighted by atomic mass is 10.1. The van der Waals surface area contributed by atoms with Crippen molar-refractivity contribution in [3.63, 3.8) is 0 Å². The Kier molecular flexibility index (Phi) is 6.99. The second-order valence-corrected chi connectivity index (χ2v) is 9.50. The molecule has 0 saturated carbocycles. The number of alkyl halides is 3. The van der Waals surface area contributed by atoms with E-state index in [2.05, 4.69) is 27.8 Å². The fourth-order valence-corrected chi connectivity index (χ4v) is 5.30. The first-order chi connectivity index (χ1) is 16.1. The lowest BCUT2D eigenvalue weighted by molar-refractivity contribution is -0.139. The number of aryl methyl sites for hydroxylation is 1. The SMILES string of the molecule is CC[C@@H]1CN(c2nc3ccc(C(F)(F)F)cc3s2)CCN1Cc1cc(C)cc(OCC(=O)O)c1. The third-order valence-corrected chi connectivity index (χ3v) is 6.99. The van der Waals surface area contributed by atoms with Gasteiger partial charge in [-0.1, -0.05) is 24.3 Å². The number of anilines is 1. The van der Waals surface area contributed by atoms with E-state index in [0.29, 0.717) is 22.5 Å². The van der Waals surface area contributed by atoms with Crippen LogP contribution in [-0.2, 0) is 17.5 Å². The predicted octanol–water partition coefficient (Wildman–Crippen LogP) is 5.19. The molecule has 4 rings (SSSR count). The summed E-state index contributed by atoms with van der Waals surface area (Å²) < 4.78 is 45.1. The fourth-order valence-electron chi connectivity index (χ4n) is 4.26. The molecular weight excluding hydrogens is 467 g/mol. The van der Waals surface area contributed by atoms with Crippen LogP contribution in [0.2, 0.25) is 0 Å². The van der Waals surface area contributed by atoms with Crippen LogP contribution in [0, 0.1) is 6.92 Å². The van der Waals surface area contributed by atoms with Gasteiger partial charge < -0.3 is 14.7 Å². The van der Waals surface area contributed by atoms with E-state index >= 15 is 0 Å². The molecule has 2 heterocycles. The summed E-state index contributed by atoms with van der Waals surface area (Å²) in [5, 5.41) is 9.61. The van der Waals surface area contributed by atoms with Gasteiger partial charge in [-0.15, -0.1) is 0 Å². The average molecular weight is 494 g/mol. The molecule has 34 heavy (non-hydrogen) atoms. The minimum atomic E-state index is -4.37. The molecule has 0 radical (unpaired) electrons. The van der Waals surface area contributed by atoms with E-state index in [4.69, 9.17) is 9.84 Å². The topological polar surface area (TPSA) is 65.9 Å². The number of halogens is 3. The van der Waals surface area contributed by atoms with E-state index in [-0.39, 0.29) is 12.6 Å². The predicted molar refractivity (Wildman–Crippen MR) is 126 cm³/mol. The highest BCUT2D eigenvalue weighted by molar-refractivity contribution is 7.22. The third-order valence-electron chi connectivity index (χ3n) is 5.91. The Morgan fingerprint density at radius 3 is 2.74 bits per heavy atom. The summed E-state index contributed by atoms with van der Waals surface area (Å²) in [5.74, 6) is -0.480. The second kappa shape index (κ2) is 9.79. The Morgan fingerprint density at radius 2 is 2.03 bits per heavy atom. The Bertz CT molecular complexity index is 1180. The summed E-state index contributed by atoms with van der Waals surface area (Å²) in [6, 6.07) is 9.70. The maximum Gasteiger partial charge on any atom is 0.416 e. The molecule has 0 amide bonds. The van der Waals surface area contributed by atoms with Gasteiger partial charge in [0.1, 0.15) is 5.75 Å². The van der Waals surface area contributed by atoms with E-state index in [1.165, 1.54) is 23.5 Å². The van der Waals surface area contributed by atoms with Crippen molar-refractivity contribution >= 4 is 32.7 Å². The molecular formula is C24H26F3N3O3S. The molecule has 1 atom stereocenters. The molecule has 2 aromatic carbocycles. The summed E-state index contributed by atoms with van der Waals surface area (Å²) >= 11 is 1.30. The van der Waals surface area contributed by atoms with Gasteiger partial charge in [-0.2, -0.15) is 13.2 Å². The van der Waals surface area contributed by atoms with E-state index in [0.717, 1.165) is 48.4 Å². The highest BCUT2D eigenvalue weighted by atomic mass is 32.1. The molecule has 1 N–H and O–H groups in total. The number of aromatic nitrogens is 1. The molecule has 182 valence electrons. The van der Waals surface area contributed by atoms with Crippen LogP contribution in [0.15, 0.2) is 36.4 Å². The summed E-state index contributed by atoms with van der Waals surface area (Å²) in [4.78, 5) is 19.9. The van der Waals surface area contributed by atoms with Gasteiger partial charge in [-0.05, 0) is 54.8 Å². The van der Waals surface area contributed by atoms with Crippen molar-refractivity contribution in [2.75, 3.05) is 31.1 Å². The number of hydrogen-bond acceptors (Lipinski definition) is 6. The Labute approximate surface area is 199 Å². The lowest BCUT2D eigenvalue weighted by Crippen LogP contribution is -2.52. The number of piperazine rings is 1. The average Bonchev–Trinajstić information content (AvgIpc) is 3.20. The van der Waals surface area contributed by atoms with Gasteiger partial charge in [0.25, 0.3) is 0 Å². The van der Waals surface area contributed by atoms with Crippen LogP contribution in [0.25, 0.3) is 10.2 Å². The third kappa shape index (κ3) is 5.61. The number of nitrogens with zero attached hydrogens (tertiary/aromatic N) is 3. The number of fused-ring (bicyclic) bond motifs is 1. The first-order valence-electron chi connectivity index (χ1n) is 11.0. The number of rotatable bonds is 7. The molecule has 0 unspecified atom stereocenters. The zero-order chi connectivity index (χ0) is 24.5. The quantitative estimate of drug-likeness (QED) is 0.489. The minimum Gasteiger partial charge on any atom is -0.482 e. The maximum absolute atomic E-state index is 13.1. The van der Waals surface area contributed by atoms with Crippen LogP contribution in [0.5, 0.6) is 5.75 Å². The molecule has 0 aliphatic carbocycles. The van der Waals surface area contributed by atoms with Crippen molar-refractivity contribution in [1.29, 1.82) is 0 Å². The second-order valence-electron chi connectivity index (χ2n) is 8.49. The van der Waals surface area contributed by atoms with E-state index in [1.807, 2.05) is 19.1 Å². The first-order valence-corrected chi connectivity index (χ1v) is 11.9. The van der Waals surface area contributed by atoms with Crippen molar-refractivity contribution in [2.45, 2.75) is 39.0 Å². The van der Waals surface area contributed by atoms with Crippen molar-refractivity contribution in [2.24, 2.45) is 0 Å². The minimum absolute atomic E-state index is 0.246. The van der Waals surface area contributed by atoms with Gasteiger partial charge in [-0.3, -0.25) is 4.90 Å². The molecule has 0 spiro atoms. The standard InChI is InChI=1S/C24H26F3N3O3S/c1-3-18-13-30(23-28-20-5-4-17(24(25,26)27)11-21(20)34-23)7-6-29(18)12-16-8-15(2)9-19(10-16)33-14-22(31)32/h4-5,8-11,18H,3,6-7,12-14H2,1-2H3,(H,31,32)/t18-/m1/s1. The van der Waals surface area contributed by atoms with Crippen LogP contribution in [0.1, 0.15) is 30.0 Å². The zero-order valence-corrected chi connectivity index (χ0v) is 19.7. The normalized spacial score (nSPS) is 17.3. The van der Waals surface area contributed by atoms with Crippen molar-refractivity contribution < 1.29 is 27.8 Å². The van der Waals surface area contributed by atoms with Crippen LogP contribution in [-0.4, -0.2) is 53.2 Å². The number of carboxylic acid groups (broad SMARTS) is 1. The van der Waals surface area contributed by atoms with E-state index in [9.17, 15) is 18.0 Å². The summed E-state index contributed by atoms with van der Waals surface area (Å²) in [7, 11) is 0. The molecule has 1 fully saturated rings. The van der Waals surface area contributed by atoms with Gasteiger partial charge in [-0.25, -0.2) is 9.78 Å². The van der Waals surface area contributed by atoms with Crippen LogP contribution < -0.4 is 9.64 Å². The van der Waals surface area contributed by atoms with Gasteiger partial charge in [0, 0.05) is 32.2 Å². The van der Waals surface area contributed by atoms with Crippen molar-refractivity contribution in [3.05, 3.63) is 53.1 Å². The van der Waals surface area contributed by atoms with Crippen molar-refractivity contribution in [3.8, 4) is 5.75 Å². The van der Waals surface area contributed by atoms with Crippen molar-refractivity contribution in [1.82, 2.24) is 9.88 Å². The largest absolute Gasteiger partial charge is 0.482 e. The summed E-state index contributed by atoms with van der Waals surface area (Å²) in [6.07, 6.45) is -3.46.